The molecule has 3 aromatic rings. The Hall–Kier alpha value is -4.34. The van der Waals surface area contributed by atoms with Crippen LogP contribution in [0.2, 0.25) is 5.02 Å². The lowest BCUT2D eigenvalue weighted by Gasteiger charge is -2.16. The van der Waals surface area contributed by atoms with E-state index in [1.165, 1.54) is 61.7 Å². The molecule has 4 rings (SSSR count). The van der Waals surface area contributed by atoms with Crippen LogP contribution in [0.25, 0.3) is 0 Å². The van der Waals surface area contributed by atoms with Crippen LogP contribution in [0, 0.1) is 0 Å². The number of rotatable bonds is 6. The minimum Gasteiger partial charge on any atom is -0.506 e. The zero-order valence-corrected chi connectivity index (χ0v) is 20.1. The smallest absolute Gasteiger partial charge is 0.337 e. The van der Waals surface area contributed by atoms with Crippen molar-refractivity contribution in [3.8, 4) is 5.75 Å². The van der Waals surface area contributed by atoms with Crippen LogP contribution in [0.4, 0.5) is 17.1 Å². The summed E-state index contributed by atoms with van der Waals surface area (Å²) < 4.78 is 4.68. The van der Waals surface area contributed by atoms with E-state index in [0.717, 1.165) is 4.90 Å². The van der Waals surface area contributed by atoms with Gasteiger partial charge in [-0.15, -0.1) is 0 Å². The molecule has 11 heteroatoms. The van der Waals surface area contributed by atoms with Gasteiger partial charge in [-0.1, -0.05) is 35.3 Å². The lowest BCUT2D eigenvalue weighted by Crippen LogP contribution is -2.32. The molecule has 1 heterocycles. The molecule has 9 nitrogen and oxygen atoms in total. The summed E-state index contributed by atoms with van der Waals surface area (Å²) in [6.45, 7) is 0. The lowest BCUT2D eigenvalue weighted by molar-refractivity contribution is -0.120. The number of amides is 3. The Morgan fingerprint density at radius 3 is 2.39 bits per heavy atom. The van der Waals surface area contributed by atoms with Crippen molar-refractivity contribution in [2.24, 2.45) is 0 Å². The third-order valence-electron chi connectivity index (χ3n) is 5.15. The number of nitrogens with zero attached hydrogens (tertiary/aromatic N) is 1. The number of imide groups is 1. The standard InChI is InChI=1S/C25H17Cl2N3O6/c1-36-25(35)14-5-3-7-17(11-14)30-23(33)20(27)21(24(30)34)28-16-6-2-4-13(10-16)22(32)29-18-12-15(26)8-9-19(18)31/h2-12,28,31H,1H3,(H,29,32). The molecule has 0 unspecified atom stereocenters. The van der Waals surface area contributed by atoms with Crippen molar-refractivity contribution >= 4 is 64.0 Å². The first-order valence-electron chi connectivity index (χ1n) is 10.3. The molecule has 3 aromatic carbocycles. The number of methoxy groups -OCH3 is 1. The second-order valence-corrected chi connectivity index (χ2v) is 8.31. The van der Waals surface area contributed by atoms with Gasteiger partial charge in [0, 0.05) is 16.3 Å². The molecule has 36 heavy (non-hydrogen) atoms. The molecule has 0 bridgehead atoms. The summed E-state index contributed by atoms with van der Waals surface area (Å²) in [7, 11) is 1.22. The van der Waals surface area contributed by atoms with Gasteiger partial charge in [0.1, 0.15) is 16.5 Å². The molecule has 0 spiro atoms. The van der Waals surface area contributed by atoms with E-state index < -0.39 is 23.7 Å². The highest BCUT2D eigenvalue weighted by Crippen LogP contribution is 2.31. The van der Waals surface area contributed by atoms with Crippen molar-refractivity contribution < 1.29 is 29.0 Å². The van der Waals surface area contributed by atoms with Gasteiger partial charge in [0.2, 0.25) is 0 Å². The quantitative estimate of drug-likeness (QED) is 0.245. The molecule has 0 atom stereocenters. The predicted molar refractivity (Wildman–Crippen MR) is 134 cm³/mol. The number of carbonyl (C=O) groups is 4. The zero-order chi connectivity index (χ0) is 26.0. The van der Waals surface area contributed by atoms with Crippen molar-refractivity contribution in [3.63, 3.8) is 0 Å². The number of phenolic OH excluding ortho intramolecular Hbond substituents is 1. The van der Waals surface area contributed by atoms with E-state index in [1.807, 2.05) is 0 Å². The molecule has 182 valence electrons. The first-order valence-corrected chi connectivity index (χ1v) is 11.1. The summed E-state index contributed by atoms with van der Waals surface area (Å²) in [5.74, 6) is -2.87. The molecule has 0 saturated heterocycles. The Kier molecular flexibility index (Phi) is 6.96. The first kappa shape index (κ1) is 24.8. The van der Waals surface area contributed by atoms with Crippen molar-refractivity contribution in [2.45, 2.75) is 0 Å². The highest BCUT2D eigenvalue weighted by atomic mass is 35.5. The van der Waals surface area contributed by atoms with Crippen molar-refractivity contribution in [1.82, 2.24) is 0 Å². The summed E-state index contributed by atoms with van der Waals surface area (Å²) in [5, 5.41) is 15.2. The Morgan fingerprint density at radius 1 is 0.917 bits per heavy atom. The molecule has 1 aliphatic heterocycles. The third kappa shape index (κ3) is 4.88. The van der Waals surface area contributed by atoms with E-state index >= 15 is 0 Å². The van der Waals surface area contributed by atoms with Crippen LogP contribution < -0.4 is 15.5 Å². The average molecular weight is 526 g/mol. The molecule has 3 N–H and O–H groups in total. The molecule has 3 amide bonds. The molecule has 0 fully saturated rings. The lowest BCUT2D eigenvalue weighted by atomic mass is 10.1. The fraction of sp³-hybridized carbons (Fsp3) is 0.0400. The van der Waals surface area contributed by atoms with Gasteiger partial charge in [-0.3, -0.25) is 14.4 Å². The monoisotopic (exact) mass is 525 g/mol. The molecular formula is C25H17Cl2N3O6. The zero-order valence-electron chi connectivity index (χ0n) is 18.5. The topological polar surface area (TPSA) is 125 Å². The normalized spacial score (nSPS) is 13.1. The first-order chi connectivity index (χ1) is 17.2. The summed E-state index contributed by atoms with van der Waals surface area (Å²) >= 11 is 12.1. The molecule has 0 aliphatic carbocycles. The SMILES string of the molecule is COC(=O)c1cccc(N2C(=O)C(Cl)=C(Nc3cccc(C(=O)Nc4cc(Cl)ccc4O)c3)C2=O)c1. The maximum absolute atomic E-state index is 13.1. The number of aromatic hydroxyl groups is 1. The van der Waals surface area contributed by atoms with E-state index in [1.54, 1.807) is 12.1 Å². The second-order valence-electron chi connectivity index (χ2n) is 7.50. The van der Waals surface area contributed by atoms with E-state index in [9.17, 15) is 24.3 Å². The van der Waals surface area contributed by atoms with Crippen LogP contribution in [0.5, 0.6) is 5.75 Å². The number of phenols is 1. The number of anilines is 3. The van der Waals surface area contributed by atoms with E-state index in [4.69, 9.17) is 23.2 Å². The van der Waals surface area contributed by atoms with Gasteiger partial charge in [-0.05, 0) is 54.6 Å². The van der Waals surface area contributed by atoms with Crippen LogP contribution in [-0.4, -0.2) is 35.9 Å². The molecule has 0 aromatic heterocycles. The summed E-state index contributed by atoms with van der Waals surface area (Å²) in [5.41, 5.74) is 0.705. The van der Waals surface area contributed by atoms with Crippen LogP contribution in [0.15, 0.2) is 77.5 Å². The van der Waals surface area contributed by atoms with Gasteiger partial charge in [0.15, 0.2) is 0 Å². The van der Waals surface area contributed by atoms with Crippen LogP contribution in [-0.2, 0) is 14.3 Å². The molecule has 0 saturated carbocycles. The van der Waals surface area contributed by atoms with Gasteiger partial charge in [-0.2, -0.15) is 0 Å². The van der Waals surface area contributed by atoms with Crippen LogP contribution in [0.3, 0.4) is 0 Å². The fourth-order valence-electron chi connectivity index (χ4n) is 3.42. The van der Waals surface area contributed by atoms with Gasteiger partial charge in [-0.25, -0.2) is 9.69 Å². The summed E-state index contributed by atoms with van der Waals surface area (Å²) in [6.07, 6.45) is 0. The number of halogens is 2. The van der Waals surface area contributed by atoms with Crippen molar-refractivity contribution in [3.05, 3.63) is 93.6 Å². The number of benzene rings is 3. The Labute approximate surface area is 214 Å². The molecular weight excluding hydrogens is 509 g/mol. The van der Waals surface area contributed by atoms with E-state index in [-0.39, 0.29) is 39.0 Å². The maximum Gasteiger partial charge on any atom is 0.337 e. The van der Waals surface area contributed by atoms with Gasteiger partial charge in [0.05, 0.1) is 24.0 Å². The molecule has 0 radical (unpaired) electrons. The molecule has 1 aliphatic rings. The average Bonchev–Trinajstić information content (AvgIpc) is 3.08. The number of nitrogens with one attached hydrogen (secondary N) is 2. The fourth-order valence-corrected chi connectivity index (χ4v) is 3.81. The van der Waals surface area contributed by atoms with Gasteiger partial charge in [0.25, 0.3) is 17.7 Å². The number of carbonyl (C=O) groups excluding carboxylic acids is 4. The second kappa shape index (κ2) is 10.1. The predicted octanol–water partition coefficient (Wildman–Crippen LogP) is 4.52. The van der Waals surface area contributed by atoms with Crippen LogP contribution >= 0.6 is 23.2 Å². The minimum atomic E-state index is -0.781. The van der Waals surface area contributed by atoms with E-state index in [2.05, 4.69) is 15.4 Å². The van der Waals surface area contributed by atoms with Crippen molar-refractivity contribution in [1.29, 1.82) is 0 Å². The Morgan fingerprint density at radius 2 is 1.64 bits per heavy atom. The Bertz CT molecular complexity index is 1450. The van der Waals surface area contributed by atoms with Gasteiger partial charge < -0.3 is 20.5 Å². The van der Waals surface area contributed by atoms with E-state index in [0.29, 0.717) is 10.7 Å². The number of hydrogen-bond acceptors (Lipinski definition) is 7. The van der Waals surface area contributed by atoms with Gasteiger partial charge >= 0.3 is 5.97 Å². The summed E-state index contributed by atoms with van der Waals surface area (Å²) in [4.78, 5) is 51.2. The largest absolute Gasteiger partial charge is 0.506 e. The van der Waals surface area contributed by atoms with Crippen LogP contribution in [0.1, 0.15) is 20.7 Å². The highest BCUT2D eigenvalue weighted by Gasteiger charge is 2.39. The minimum absolute atomic E-state index is 0.123. The number of hydrogen-bond donors (Lipinski definition) is 3. The number of ether oxygens (including phenoxy) is 1. The van der Waals surface area contributed by atoms with Crippen molar-refractivity contribution in [2.75, 3.05) is 22.6 Å². The summed E-state index contributed by atoms with van der Waals surface area (Å²) in [6, 6.07) is 16.1. The highest BCUT2D eigenvalue weighted by molar-refractivity contribution is 6.53. The maximum atomic E-state index is 13.1. The Balaban J connectivity index is 1.55. The third-order valence-corrected chi connectivity index (χ3v) is 5.74. The number of esters is 1.